The first-order valence-corrected chi connectivity index (χ1v) is 10.4. The molecule has 3 nitrogen and oxygen atoms in total. The smallest absolute Gasteiger partial charge is 0.133 e. The van der Waals surface area contributed by atoms with Crippen molar-refractivity contribution >= 4 is 0 Å². The summed E-state index contributed by atoms with van der Waals surface area (Å²) >= 11 is 0. The molecule has 0 aliphatic heterocycles. The topological polar surface area (TPSA) is 49.6 Å². The molecule has 0 fully saturated rings. The molecule has 2 aromatic heterocycles. The van der Waals surface area contributed by atoms with E-state index in [1.54, 1.807) is 48.8 Å². The van der Waals surface area contributed by atoms with Crippen LogP contribution in [0.5, 0.6) is 0 Å². The van der Waals surface area contributed by atoms with E-state index in [1.165, 1.54) is 0 Å². The van der Waals surface area contributed by atoms with Crippen molar-refractivity contribution in [2.75, 3.05) is 0 Å². The van der Waals surface area contributed by atoms with Gasteiger partial charge in [0.25, 0.3) is 0 Å². The van der Waals surface area contributed by atoms with Gasteiger partial charge in [-0.05, 0) is 35.7 Å². The van der Waals surface area contributed by atoms with E-state index in [2.05, 4.69) is 22.1 Å². The van der Waals surface area contributed by atoms with Crippen LogP contribution in [0.3, 0.4) is 0 Å². The number of benzene rings is 3. The first-order valence-electron chi connectivity index (χ1n) is 10.4. The van der Waals surface area contributed by atoms with Gasteiger partial charge in [0.2, 0.25) is 0 Å². The van der Waals surface area contributed by atoms with Crippen molar-refractivity contribution in [1.82, 2.24) is 9.97 Å². The molecular formula is C29H17F2IrN3-2. The second-order valence-corrected chi connectivity index (χ2v) is 7.12. The Morgan fingerprint density at radius 3 is 1.83 bits per heavy atom. The van der Waals surface area contributed by atoms with Gasteiger partial charge in [0.15, 0.2) is 0 Å². The van der Waals surface area contributed by atoms with E-state index in [1.807, 2.05) is 48.5 Å². The number of aromatic nitrogens is 2. The van der Waals surface area contributed by atoms with Crippen LogP contribution < -0.4 is 0 Å². The Bertz CT molecular complexity index is 1360. The monoisotopic (exact) mass is 638 g/mol. The van der Waals surface area contributed by atoms with E-state index in [0.29, 0.717) is 16.8 Å². The first kappa shape index (κ1) is 25.6. The van der Waals surface area contributed by atoms with Gasteiger partial charge in [-0.2, -0.15) is 5.26 Å². The maximum atomic E-state index is 14.1. The van der Waals surface area contributed by atoms with Crippen molar-refractivity contribution in [2.45, 2.75) is 0 Å². The predicted molar refractivity (Wildman–Crippen MR) is 127 cm³/mol. The summed E-state index contributed by atoms with van der Waals surface area (Å²) in [7, 11) is 0. The third-order valence-electron chi connectivity index (χ3n) is 4.85. The summed E-state index contributed by atoms with van der Waals surface area (Å²) in [6.07, 6.45) is 3.43. The molecule has 0 unspecified atom stereocenters. The molecule has 6 heteroatoms. The van der Waals surface area contributed by atoms with Crippen LogP contribution in [0, 0.1) is 35.1 Å². The quantitative estimate of drug-likeness (QED) is 0.202. The zero-order valence-corrected chi connectivity index (χ0v) is 20.6. The normalized spacial score (nSPS) is 9.74. The van der Waals surface area contributed by atoms with E-state index >= 15 is 0 Å². The van der Waals surface area contributed by atoms with Gasteiger partial charge in [0.05, 0.1) is 11.6 Å². The molecular weight excluding hydrogens is 621 g/mol. The number of hydrogen-bond donors (Lipinski definition) is 0. The number of rotatable bonds is 3. The summed E-state index contributed by atoms with van der Waals surface area (Å²) in [6.45, 7) is 0. The molecule has 5 aromatic rings. The third-order valence-corrected chi connectivity index (χ3v) is 4.85. The Labute approximate surface area is 216 Å². The maximum Gasteiger partial charge on any atom is 0.133 e. The van der Waals surface area contributed by atoms with Crippen LogP contribution in [0.2, 0.25) is 0 Å². The van der Waals surface area contributed by atoms with Crippen LogP contribution in [-0.2, 0) is 20.1 Å². The van der Waals surface area contributed by atoms with Crippen molar-refractivity contribution in [3.8, 4) is 39.7 Å². The van der Waals surface area contributed by atoms with E-state index in [-0.39, 0.29) is 31.2 Å². The summed E-state index contributed by atoms with van der Waals surface area (Å²) in [5.41, 5.74) is 3.48. The molecule has 35 heavy (non-hydrogen) atoms. The molecule has 0 aliphatic rings. The van der Waals surface area contributed by atoms with E-state index < -0.39 is 11.6 Å². The van der Waals surface area contributed by atoms with Crippen LogP contribution >= 0.6 is 0 Å². The van der Waals surface area contributed by atoms with E-state index in [9.17, 15) is 8.78 Å². The summed E-state index contributed by atoms with van der Waals surface area (Å²) in [5, 5.41) is 8.74. The van der Waals surface area contributed by atoms with Crippen LogP contribution in [0.25, 0.3) is 33.6 Å². The minimum absolute atomic E-state index is 0. The van der Waals surface area contributed by atoms with Crippen LogP contribution in [0.1, 0.15) is 5.56 Å². The van der Waals surface area contributed by atoms with Gasteiger partial charge in [-0.1, -0.05) is 29.8 Å². The van der Waals surface area contributed by atoms with E-state index in [4.69, 9.17) is 5.26 Å². The van der Waals surface area contributed by atoms with Crippen molar-refractivity contribution < 1.29 is 28.9 Å². The van der Waals surface area contributed by atoms with Gasteiger partial charge >= 0.3 is 0 Å². The number of nitriles is 1. The van der Waals surface area contributed by atoms with Crippen molar-refractivity contribution in [1.29, 1.82) is 5.26 Å². The second-order valence-electron chi connectivity index (χ2n) is 7.12. The molecule has 0 amide bonds. The average Bonchev–Trinajstić information content (AvgIpc) is 2.90. The van der Waals surface area contributed by atoms with Crippen LogP contribution in [0.4, 0.5) is 8.78 Å². The van der Waals surface area contributed by atoms with Gasteiger partial charge in [-0.15, -0.1) is 65.7 Å². The average molecular weight is 638 g/mol. The summed E-state index contributed by atoms with van der Waals surface area (Å²) < 4.78 is 28.2. The van der Waals surface area contributed by atoms with Gasteiger partial charge in [-0.3, -0.25) is 0 Å². The second kappa shape index (κ2) is 12.4. The van der Waals surface area contributed by atoms with Crippen molar-refractivity contribution in [3.63, 3.8) is 0 Å². The molecule has 0 saturated heterocycles. The Kier molecular flexibility index (Phi) is 9.08. The molecule has 0 saturated carbocycles. The molecule has 1 radical (unpaired) electrons. The summed E-state index contributed by atoms with van der Waals surface area (Å²) in [6, 6.07) is 33.8. The van der Waals surface area contributed by atoms with Crippen LogP contribution in [-0.4, -0.2) is 9.97 Å². The van der Waals surface area contributed by atoms with Gasteiger partial charge < -0.3 is 9.97 Å². The zero-order chi connectivity index (χ0) is 23.8. The fourth-order valence-electron chi connectivity index (χ4n) is 3.28. The Morgan fingerprint density at radius 2 is 1.29 bits per heavy atom. The van der Waals surface area contributed by atoms with Gasteiger partial charge in [0, 0.05) is 38.1 Å². The maximum absolute atomic E-state index is 14.1. The third kappa shape index (κ3) is 6.51. The Hall–Kier alpha value is -4.04. The van der Waals surface area contributed by atoms with E-state index in [0.717, 1.165) is 23.4 Å². The summed E-state index contributed by atoms with van der Waals surface area (Å²) in [4.78, 5) is 8.41. The Morgan fingerprint density at radius 1 is 0.686 bits per heavy atom. The predicted octanol–water partition coefficient (Wildman–Crippen LogP) is 6.91. The standard InChI is InChI=1S/C18H9F2N2.C11H8N.Ir/c19-15-8-12(11-21)9-16(20)18(15)14-5-3-4-13(10-14)17-6-1-2-7-22-17;1-2-6-10(7-3-1)11-8-4-5-9-12-11;/h1-3,5-10H;1-6,8-9H;/q2*-1;. The minimum atomic E-state index is -0.769. The van der Waals surface area contributed by atoms with Gasteiger partial charge in [0.1, 0.15) is 11.6 Å². The molecule has 0 bridgehead atoms. The fraction of sp³-hybridized carbons (Fsp3) is 0. The Balaban J connectivity index is 0.000000223. The first-order chi connectivity index (χ1) is 16.7. The van der Waals surface area contributed by atoms with Crippen molar-refractivity contribution in [2.24, 2.45) is 0 Å². The largest absolute Gasteiger partial charge is 0.305 e. The molecule has 0 atom stereocenters. The zero-order valence-electron chi connectivity index (χ0n) is 18.2. The number of halogens is 2. The molecule has 0 spiro atoms. The molecule has 2 heterocycles. The molecule has 0 aliphatic carbocycles. The van der Waals surface area contributed by atoms with Gasteiger partial charge in [-0.25, -0.2) is 8.78 Å². The molecule has 3 aromatic carbocycles. The summed E-state index contributed by atoms with van der Waals surface area (Å²) in [5.74, 6) is -1.54. The molecule has 0 N–H and O–H groups in total. The number of hydrogen-bond acceptors (Lipinski definition) is 3. The van der Waals surface area contributed by atoms with Crippen LogP contribution in [0.15, 0.2) is 103 Å². The number of pyridine rings is 2. The SMILES string of the molecule is N#Cc1cc(F)c(-c2cc[c-]c(-c3ccccn3)c2)c(F)c1.[Ir].[c-]1ccccc1-c1ccccn1. The minimum Gasteiger partial charge on any atom is -0.305 e. The fourth-order valence-corrected chi connectivity index (χ4v) is 3.28. The van der Waals surface area contributed by atoms with Crippen molar-refractivity contribution in [3.05, 3.63) is 133 Å². The number of nitrogens with zero attached hydrogens (tertiary/aromatic N) is 3. The molecule has 5 rings (SSSR count). The molecule has 173 valence electrons.